The molecule has 1 aromatic carbocycles. The fraction of sp³-hybridized carbons (Fsp3) is 0.562. The lowest BCUT2D eigenvalue weighted by atomic mass is 10.1. The zero-order chi connectivity index (χ0) is 15.0. The quantitative estimate of drug-likeness (QED) is 0.851. The first-order valence-electron chi connectivity index (χ1n) is 7.66. The second-order valence-electron chi connectivity index (χ2n) is 6.23. The number of nitrogens with two attached hydrogens (primary N) is 1. The molecule has 0 radical (unpaired) electrons. The Morgan fingerprint density at radius 2 is 1.86 bits per heavy atom. The molecule has 114 valence electrons. The number of benzene rings is 1. The van der Waals surface area contributed by atoms with Crippen LogP contribution in [0.2, 0.25) is 0 Å². The van der Waals surface area contributed by atoms with Crippen LogP contribution in [-0.2, 0) is 0 Å². The number of nitrogens with zero attached hydrogens (tertiary/aromatic N) is 3. The number of rotatable bonds is 3. The third-order valence-corrected chi connectivity index (χ3v) is 4.42. The van der Waals surface area contributed by atoms with Crippen LogP contribution in [0.15, 0.2) is 18.2 Å². The smallest absolute Gasteiger partial charge is 0.254 e. The molecule has 0 spiro atoms. The summed E-state index contributed by atoms with van der Waals surface area (Å²) in [7, 11) is 3.90. The van der Waals surface area contributed by atoms with Crippen LogP contribution in [0.1, 0.15) is 23.2 Å². The van der Waals surface area contributed by atoms with Gasteiger partial charge in [-0.2, -0.15) is 0 Å². The highest BCUT2D eigenvalue weighted by Crippen LogP contribution is 2.28. The van der Waals surface area contributed by atoms with E-state index in [1.807, 2.05) is 36.0 Å². The highest BCUT2D eigenvalue weighted by Gasteiger charge is 2.32. The van der Waals surface area contributed by atoms with Gasteiger partial charge in [0.1, 0.15) is 0 Å². The minimum absolute atomic E-state index is 0.0995. The van der Waals surface area contributed by atoms with E-state index < -0.39 is 0 Å². The Labute approximate surface area is 126 Å². The number of anilines is 2. The van der Waals surface area contributed by atoms with Crippen molar-refractivity contribution < 1.29 is 4.79 Å². The van der Waals surface area contributed by atoms with E-state index in [9.17, 15) is 4.79 Å². The Kier molecular flexibility index (Phi) is 3.76. The van der Waals surface area contributed by atoms with Crippen LogP contribution >= 0.6 is 0 Å². The first kappa shape index (κ1) is 14.2. The molecule has 1 saturated heterocycles. The van der Waals surface area contributed by atoms with Gasteiger partial charge in [0.05, 0.1) is 11.4 Å². The fourth-order valence-corrected chi connectivity index (χ4v) is 3.01. The summed E-state index contributed by atoms with van der Waals surface area (Å²) in [5, 5.41) is 0. The number of piperazine rings is 1. The number of carbonyl (C=O) groups is 1. The summed E-state index contributed by atoms with van der Waals surface area (Å²) in [5.41, 5.74) is 8.34. The molecule has 2 aliphatic rings. The average Bonchev–Trinajstić information content (AvgIpc) is 3.31. The van der Waals surface area contributed by atoms with Gasteiger partial charge >= 0.3 is 0 Å². The van der Waals surface area contributed by atoms with E-state index in [0.717, 1.165) is 37.9 Å². The third kappa shape index (κ3) is 2.97. The monoisotopic (exact) mass is 288 g/mol. The van der Waals surface area contributed by atoms with E-state index in [0.29, 0.717) is 11.3 Å². The van der Waals surface area contributed by atoms with Crippen molar-refractivity contribution in [2.24, 2.45) is 0 Å². The summed E-state index contributed by atoms with van der Waals surface area (Å²) in [6.45, 7) is 3.65. The molecule has 2 fully saturated rings. The second kappa shape index (κ2) is 5.56. The van der Waals surface area contributed by atoms with Gasteiger partial charge in [0.15, 0.2) is 0 Å². The van der Waals surface area contributed by atoms with Gasteiger partial charge in [0.25, 0.3) is 5.91 Å². The highest BCUT2D eigenvalue weighted by atomic mass is 16.2. The van der Waals surface area contributed by atoms with Crippen LogP contribution in [-0.4, -0.2) is 62.0 Å². The van der Waals surface area contributed by atoms with Crippen molar-refractivity contribution in [1.29, 1.82) is 0 Å². The van der Waals surface area contributed by atoms with E-state index in [1.165, 1.54) is 12.8 Å². The van der Waals surface area contributed by atoms with Crippen molar-refractivity contribution in [3.63, 3.8) is 0 Å². The Bertz CT molecular complexity index is 531. The normalized spacial score (nSPS) is 19.6. The van der Waals surface area contributed by atoms with E-state index in [2.05, 4.69) is 4.90 Å². The van der Waals surface area contributed by atoms with Gasteiger partial charge in [0, 0.05) is 51.9 Å². The number of amides is 1. The molecule has 5 nitrogen and oxygen atoms in total. The van der Waals surface area contributed by atoms with Crippen LogP contribution in [0, 0.1) is 0 Å². The Morgan fingerprint density at radius 3 is 2.38 bits per heavy atom. The minimum Gasteiger partial charge on any atom is -0.397 e. The molecule has 0 bridgehead atoms. The Morgan fingerprint density at radius 1 is 1.19 bits per heavy atom. The summed E-state index contributed by atoms with van der Waals surface area (Å²) in [4.78, 5) is 19.0. The number of carbonyl (C=O) groups excluding carboxylic acids is 1. The number of nitrogen functional groups attached to an aromatic ring is 1. The molecule has 1 aliphatic carbocycles. The van der Waals surface area contributed by atoms with E-state index in [4.69, 9.17) is 5.73 Å². The van der Waals surface area contributed by atoms with Gasteiger partial charge in [-0.25, -0.2) is 0 Å². The van der Waals surface area contributed by atoms with E-state index in [-0.39, 0.29) is 5.91 Å². The maximum absolute atomic E-state index is 12.6. The minimum atomic E-state index is 0.0995. The third-order valence-electron chi connectivity index (χ3n) is 4.42. The first-order valence-corrected chi connectivity index (χ1v) is 7.66. The van der Waals surface area contributed by atoms with Crippen molar-refractivity contribution in [2.75, 3.05) is 50.9 Å². The molecule has 5 heteroatoms. The topological polar surface area (TPSA) is 52.8 Å². The predicted molar refractivity (Wildman–Crippen MR) is 85.7 cm³/mol. The summed E-state index contributed by atoms with van der Waals surface area (Å²) < 4.78 is 0. The average molecular weight is 288 g/mol. The molecule has 0 aromatic heterocycles. The zero-order valence-electron chi connectivity index (χ0n) is 12.9. The van der Waals surface area contributed by atoms with E-state index >= 15 is 0 Å². The van der Waals surface area contributed by atoms with Crippen LogP contribution in [0.5, 0.6) is 0 Å². The van der Waals surface area contributed by atoms with Gasteiger partial charge in [-0.1, -0.05) is 0 Å². The standard InChI is InChI=1S/C16H24N4O/c1-18(2)15-6-3-12(11-14(15)17)16(21)20-9-7-19(8-10-20)13-4-5-13/h3,6,11,13H,4-5,7-10,17H2,1-2H3. The second-order valence-corrected chi connectivity index (χ2v) is 6.23. The molecular weight excluding hydrogens is 264 g/mol. The van der Waals surface area contributed by atoms with Crippen molar-refractivity contribution >= 4 is 17.3 Å². The number of hydrogen-bond donors (Lipinski definition) is 1. The van der Waals surface area contributed by atoms with Crippen LogP contribution in [0.25, 0.3) is 0 Å². The van der Waals surface area contributed by atoms with Crippen molar-refractivity contribution in [1.82, 2.24) is 9.80 Å². The predicted octanol–water partition coefficient (Wildman–Crippen LogP) is 1.25. The Hall–Kier alpha value is -1.75. The summed E-state index contributed by atoms with van der Waals surface area (Å²) in [6, 6.07) is 6.38. The fourth-order valence-electron chi connectivity index (χ4n) is 3.01. The number of hydrogen-bond acceptors (Lipinski definition) is 4. The zero-order valence-corrected chi connectivity index (χ0v) is 12.9. The lowest BCUT2D eigenvalue weighted by Gasteiger charge is -2.35. The van der Waals surface area contributed by atoms with Crippen LogP contribution in [0.3, 0.4) is 0 Å². The van der Waals surface area contributed by atoms with Crippen LogP contribution < -0.4 is 10.6 Å². The van der Waals surface area contributed by atoms with E-state index in [1.54, 1.807) is 6.07 Å². The van der Waals surface area contributed by atoms with Crippen molar-refractivity contribution in [2.45, 2.75) is 18.9 Å². The maximum Gasteiger partial charge on any atom is 0.254 e. The molecule has 3 rings (SSSR count). The first-order chi connectivity index (χ1) is 10.1. The largest absolute Gasteiger partial charge is 0.397 e. The lowest BCUT2D eigenvalue weighted by molar-refractivity contribution is 0.0627. The highest BCUT2D eigenvalue weighted by molar-refractivity contribution is 5.96. The van der Waals surface area contributed by atoms with Gasteiger partial charge < -0.3 is 15.5 Å². The van der Waals surface area contributed by atoms with Gasteiger partial charge in [0.2, 0.25) is 0 Å². The van der Waals surface area contributed by atoms with Crippen LogP contribution in [0.4, 0.5) is 11.4 Å². The molecule has 21 heavy (non-hydrogen) atoms. The molecule has 1 amide bonds. The van der Waals surface area contributed by atoms with Crippen molar-refractivity contribution in [3.8, 4) is 0 Å². The van der Waals surface area contributed by atoms with Gasteiger partial charge in [-0.3, -0.25) is 9.69 Å². The molecule has 0 atom stereocenters. The summed E-state index contributed by atoms with van der Waals surface area (Å²) in [6.07, 6.45) is 2.66. The van der Waals surface area contributed by atoms with Gasteiger partial charge in [-0.15, -0.1) is 0 Å². The SMILES string of the molecule is CN(C)c1ccc(C(=O)N2CCN(C3CC3)CC2)cc1N. The molecule has 1 aliphatic heterocycles. The Balaban J connectivity index is 1.66. The van der Waals surface area contributed by atoms with Gasteiger partial charge in [-0.05, 0) is 31.0 Å². The summed E-state index contributed by atoms with van der Waals surface area (Å²) >= 11 is 0. The maximum atomic E-state index is 12.6. The summed E-state index contributed by atoms with van der Waals surface area (Å²) in [5.74, 6) is 0.0995. The molecule has 0 unspecified atom stereocenters. The molecular formula is C16H24N4O. The molecule has 2 N–H and O–H groups in total. The molecule has 1 saturated carbocycles. The lowest BCUT2D eigenvalue weighted by Crippen LogP contribution is -2.49. The van der Waals surface area contributed by atoms with Crippen molar-refractivity contribution in [3.05, 3.63) is 23.8 Å². The molecule has 1 aromatic rings. The molecule has 1 heterocycles.